The molecule has 10 nitrogen and oxygen atoms in total. The summed E-state index contributed by atoms with van der Waals surface area (Å²) in [6.07, 6.45) is 8.90. The van der Waals surface area contributed by atoms with E-state index in [1.165, 1.54) is 37.8 Å². The number of hydrogen-bond donors (Lipinski definition) is 6. The number of aliphatic carboxylic acids is 1. The van der Waals surface area contributed by atoms with Crippen molar-refractivity contribution in [2.45, 2.75) is 69.9 Å². The first kappa shape index (κ1) is 24.9. The van der Waals surface area contributed by atoms with Gasteiger partial charge in [-0.1, -0.05) is 19.3 Å². The average molecular weight is 512 g/mol. The molecule has 1 amide bonds. The smallest absolute Gasteiger partial charge is 0.307 e. The molecule has 4 aliphatic heterocycles. The van der Waals surface area contributed by atoms with E-state index >= 15 is 0 Å². The third-order valence-electron chi connectivity index (χ3n) is 9.40. The number of hydrazine groups is 1. The Labute approximate surface area is 218 Å². The summed E-state index contributed by atoms with van der Waals surface area (Å²) in [5, 5.41) is 20.4. The second-order valence-electron chi connectivity index (χ2n) is 11.7. The van der Waals surface area contributed by atoms with Crippen LogP contribution in [0.1, 0.15) is 51.4 Å². The lowest BCUT2D eigenvalue weighted by molar-refractivity contribution is -0.139. The fraction of sp³-hybridized carbons (Fsp3) is 0.704. The van der Waals surface area contributed by atoms with Gasteiger partial charge in [0.25, 0.3) is 0 Å². The van der Waals surface area contributed by atoms with Crippen molar-refractivity contribution >= 4 is 23.3 Å². The molecule has 1 saturated carbocycles. The predicted molar refractivity (Wildman–Crippen MR) is 142 cm³/mol. The number of likely N-dealkylation sites (tertiary alicyclic amines) is 1. The molecule has 1 aromatic rings. The van der Waals surface area contributed by atoms with Crippen LogP contribution in [0.4, 0.5) is 11.4 Å². The van der Waals surface area contributed by atoms with Gasteiger partial charge in [0.1, 0.15) is 6.29 Å². The van der Waals surface area contributed by atoms with Gasteiger partial charge < -0.3 is 15.3 Å². The normalized spacial score (nSPS) is 34.1. The van der Waals surface area contributed by atoms with Crippen molar-refractivity contribution in [2.75, 3.05) is 42.9 Å². The number of carbonyl (C=O) groups excluding carboxylic acids is 1. The van der Waals surface area contributed by atoms with E-state index in [9.17, 15) is 14.7 Å². The molecule has 5 unspecified atom stereocenters. The minimum Gasteiger partial charge on any atom is -0.481 e. The van der Waals surface area contributed by atoms with Crippen molar-refractivity contribution in [3.05, 3.63) is 24.3 Å². The van der Waals surface area contributed by atoms with E-state index in [0.717, 1.165) is 51.1 Å². The molecule has 0 bridgehead atoms. The van der Waals surface area contributed by atoms with Gasteiger partial charge in [-0.15, -0.1) is 0 Å². The molecule has 0 aromatic heterocycles. The fourth-order valence-corrected chi connectivity index (χ4v) is 6.99. The van der Waals surface area contributed by atoms with Gasteiger partial charge >= 0.3 is 5.97 Å². The number of nitrogens with zero attached hydrogens (tertiary/aromatic N) is 2. The summed E-state index contributed by atoms with van der Waals surface area (Å²) >= 11 is 0. The zero-order valence-electron chi connectivity index (χ0n) is 21.5. The van der Waals surface area contributed by atoms with Crippen LogP contribution in [-0.2, 0) is 9.59 Å². The summed E-state index contributed by atoms with van der Waals surface area (Å²) < 4.78 is 0. The van der Waals surface area contributed by atoms with E-state index in [1.807, 2.05) is 0 Å². The van der Waals surface area contributed by atoms with Crippen LogP contribution in [0, 0.1) is 17.3 Å². The topological polar surface area (TPSA) is 121 Å². The van der Waals surface area contributed by atoms with Gasteiger partial charge in [0.15, 0.2) is 0 Å². The van der Waals surface area contributed by atoms with Gasteiger partial charge in [0.05, 0.1) is 18.0 Å². The number of carboxylic acid groups (broad SMARTS) is 1. The van der Waals surface area contributed by atoms with Crippen molar-refractivity contribution < 1.29 is 14.7 Å². The molecule has 10 heteroatoms. The fourth-order valence-electron chi connectivity index (χ4n) is 6.99. The van der Waals surface area contributed by atoms with Gasteiger partial charge in [-0.05, 0) is 61.8 Å². The van der Waals surface area contributed by atoms with Crippen molar-refractivity contribution in [2.24, 2.45) is 17.3 Å². The largest absolute Gasteiger partial charge is 0.481 e. The summed E-state index contributed by atoms with van der Waals surface area (Å²) in [6.45, 7) is 4.63. The maximum atomic E-state index is 12.8. The molecule has 4 heterocycles. The van der Waals surface area contributed by atoms with Crippen molar-refractivity contribution in [1.82, 2.24) is 26.4 Å². The van der Waals surface area contributed by atoms with Crippen LogP contribution in [0.5, 0.6) is 0 Å². The van der Waals surface area contributed by atoms with Crippen molar-refractivity contribution in [1.29, 1.82) is 0 Å². The Morgan fingerprint density at radius 3 is 2.35 bits per heavy atom. The van der Waals surface area contributed by atoms with Crippen molar-refractivity contribution in [3.63, 3.8) is 0 Å². The van der Waals surface area contributed by atoms with Crippen LogP contribution in [-0.4, -0.2) is 73.1 Å². The quantitative estimate of drug-likeness (QED) is 0.349. The molecule has 6 rings (SSSR count). The Morgan fingerprint density at radius 1 is 0.973 bits per heavy atom. The highest BCUT2D eigenvalue weighted by Gasteiger charge is 2.58. The Balaban J connectivity index is 1.11. The summed E-state index contributed by atoms with van der Waals surface area (Å²) in [5.74, 6) is -1.00. The Morgan fingerprint density at radius 2 is 1.68 bits per heavy atom. The lowest BCUT2D eigenvalue weighted by atomic mass is 9.90. The van der Waals surface area contributed by atoms with Crippen LogP contribution in [0.25, 0.3) is 0 Å². The van der Waals surface area contributed by atoms with Gasteiger partial charge in [0, 0.05) is 50.1 Å². The number of benzene rings is 1. The third-order valence-corrected chi connectivity index (χ3v) is 9.40. The lowest BCUT2D eigenvalue weighted by Crippen LogP contribution is -2.76. The lowest BCUT2D eigenvalue weighted by Gasteiger charge is -2.49. The predicted octanol–water partition coefficient (Wildman–Crippen LogP) is 1.48. The van der Waals surface area contributed by atoms with Crippen LogP contribution in [0.3, 0.4) is 0 Å². The average Bonchev–Trinajstić information content (AvgIpc) is 3.58. The van der Waals surface area contributed by atoms with Crippen LogP contribution in [0.2, 0.25) is 0 Å². The molecule has 37 heavy (non-hydrogen) atoms. The number of carboxylic acids is 1. The minimum absolute atomic E-state index is 0.00141. The zero-order valence-corrected chi connectivity index (χ0v) is 21.5. The van der Waals surface area contributed by atoms with E-state index in [-0.39, 0.29) is 41.7 Å². The molecule has 1 aromatic carbocycles. The highest BCUT2D eigenvalue weighted by atomic mass is 16.4. The first-order valence-corrected chi connectivity index (χ1v) is 14.2. The number of carbonyl (C=O) groups is 2. The standard InChI is InChI=1S/C27H41N7O3/c35-24-22-21(17-28-32-24)30-26(34-12-4-2-1-3-5-13-34)31-23(22)29-18-6-8-19(9-7-18)33-14-10-27(11-15-33)16-20(27)25(36)37/h6-9,20-23,26,28-31H,1-5,10-17H2,(H,32,35)(H,36,37). The molecule has 5 fully saturated rings. The number of amides is 1. The van der Waals surface area contributed by atoms with Gasteiger partial charge in [0.2, 0.25) is 5.91 Å². The van der Waals surface area contributed by atoms with E-state index in [4.69, 9.17) is 0 Å². The molecule has 1 spiro atoms. The van der Waals surface area contributed by atoms with Gasteiger partial charge in [-0.3, -0.25) is 30.5 Å². The maximum Gasteiger partial charge on any atom is 0.307 e. The minimum atomic E-state index is -0.631. The van der Waals surface area contributed by atoms with Crippen LogP contribution < -0.4 is 31.7 Å². The summed E-state index contributed by atoms with van der Waals surface area (Å²) in [6, 6.07) is 8.51. The Kier molecular flexibility index (Phi) is 7.00. The monoisotopic (exact) mass is 511 g/mol. The molecule has 202 valence electrons. The van der Waals surface area contributed by atoms with E-state index in [2.05, 4.69) is 60.9 Å². The number of rotatable bonds is 5. The van der Waals surface area contributed by atoms with E-state index < -0.39 is 5.97 Å². The number of piperidine rings is 1. The van der Waals surface area contributed by atoms with E-state index in [1.54, 1.807) is 0 Å². The summed E-state index contributed by atoms with van der Waals surface area (Å²) in [5.41, 5.74) is 8.07. The maximum absolute atomic E-state index is 12.8. The molecule has 4 saturated heterocycles. The van der Waals surface area contributed by atoms with Crippen LogP contribution in [0.15, 0.2) is 24.3 Å². The second kappa shape index (κ2) is 10.4. The van der Waals surface area contributed by atoms with E-state index in [0.29, 0.717) is 6.54 Å². The Bertz CT molecular complexity index is 973. The number of anilines is 2. The molecular formula is C27H41N7O3. The SMILES string of the molecule is O=C1NNCC2NC(N3CCCCCCC3)NC(Nc3ccc(N4CCC5(CC4)CC5C(=O)O)cc3)C12. The number of fused-ring (bicyclic) bond motifs is 1. The zero-order chi connectivity index (χ0) is 25.4. The number of nitrogens with one attached hydrogen (secondary N) is 5. The summed E-state index contributed by atoms with van der Waals surface area (Å²) in [7, 11) is 0. The molecule has 5 aliphatic rings. The van der Waals surface area contributed by atoms with Crippen LogP contribution >= 0.6 is 0 Å². The highest BCUT2D eigenvalue weighted by Crippen LogP contribution is 2.59. The first-order valence-electron chi connectivity index (χ1n) is 14.2. The molecular weight excluding hydrogens is 470 g/mol. The molecule has 1 aliphatic carbocycles. The molecule has 5 atom stereocenters. The van der Waals surface area contributed by atoms with Gasteiger partial charge in [-0.2, -0.15) is 0 Å². The third kappa shape index (κ3) is 5.16. The molecule has 0 radical (unpaired) electrons. The van der Waals surface area contributed by atoms with Crippen molar-refractivity contribution in [3.8, 4) is 0 Å². The Hall–Kier alpha value is -2.40. The van der Waals surface area contributed by atoms with Gasteiger partial charge in [-0.25, -0.2) is 5.43 Å². The molecule has 6 N–H and O–H groups in total. The second-order valence-corrected chi connectivity index (χ2v) is 11.7. The first-order chi connectivity index (χ1) is 18.0. The highest BCUT2D eigenvalue weighted by molar-refractivity contribution is 5.81. The number of hydrogen-bond acceptors (Lipinski definition) is 8. The summed E-state index contributed by atoms with van der Waals surface area (Å²) in [4.78, 5) is 29.1.